The lowest BCUT2D eigenvalue weighted by Gasteiger charge is -1.96. The van der Waals surface area contributed by atoms with Crippen LogP contribution in [0.4, 0.5) is 0 Å². The maximum atomic E-state index is 4.91. The highest BCUT2D eigenvalue weighted by atomic mass is 32.1. The SMILES string of the molecule is C(=Cc1nc2c(ccc3ccccc32)s1)Cc1nc2c(ccc3ccccc32)s1. The van der Waals surface area contributed by atoms with E-state index in [1.54, 1.807) is 22.7 Å². The number of nitrogens with zero attached hydrogens (tertiary/aromatic N) is 2. The number of allylic oxidation sites excluding steroid dienone is 1. The molecule has 0 atom stereocenters. The van der Waals surface area contributed by atoms with E-state index in [-0.39, 0.29) is 0 Å². The van der Waals surface area contributed by atoms with E-state index in [4.69, 9.17) is 9.97 Å². The van der Waals surface area contributed by atoms with Crippen LogP contribution in [0.15, 0.2) is 78.9 Å². The molecular formula is C25H16N2S2. The van der Waals surface area contributed by atoms with Crippen LogP contribution in [0.25, 0.3) is 48.1 Å². The zero-order valence-electron chi connectivity index (χ0n) is 15.5. The van der Waals surface area contributed by atoms with Gasteiger partial charge in [0.1, 0.15) is 5.01 Å². The van der Waals surface area contributed by atoms with Crippen LogP contribution < -0.4 is 0 Å². The van der Waals surface area contributed by atoms with Crippen molar-refractivity contribution in [3.8, 4) is 0 Å². The topological polar surface area (TPSA) is 25.8 Å². The van der Waals surface area contributed by atoms with Crippen LogP contribution >= 0.6 is 22.7 Å². The Morgan fingerprint density at radius 2 is 1.28 bits per heavy atom. The minimum absolute atomic E-state index is 0.824. The quantitative estimate of drug-likeness (QED) is 0.303. The first kappa shape index (κ1) is 16.8. The molecule has 0 amide bonds. The van der Waals surface area contributed by atoms with Gasteiger partial charge in [0.05, 0.1) is 25.4 Å². The number of benzene rings is 4. The first-order valence-corrected chi connectivity index (χ1v) is 11.2. The van der Waals surface area contributed by atoms with E-state index in [0.717, 1.165) is 27.5 Å². The van der Waals surface area contributed by atoms with Gasteiger partial charge in [-0.25, -0.2) is 9.97 Å². The number of rotatable bonds is 3. The van der Waals surface area contributed by atoms with Gasteiger partial charge in [0.15, 0.2) is 0 Å². The van der Waals surface area contributed by atoms with Crippen molar-refractivity contribution in [2.24, 2.45) is 0 Å². The predicted molar refractivity (Wildman–Crippen MR) is 127 cm³/mol. The molecule has 0 aliphatic rings. The first-order valence-electron chi connectivity index (χ1n) is 9.57. The molecule has 6 rings (SSSR count). The highest BCUT2D eigenvalue weighted by Gasteiger charge is 2.08. The third kappa shape index (κ3) is 2.92. The Kier molecular flexibility index (Phi) is 3.93. The summed E-state index contributed by atoms with van der Waals surface area (Å²) < 4.78 is 2.48. The number of aromatic nitrogens is 2. The maximum absolute atomic E-state index is 4.91. The first-order chi connectivity index (χ1) is 14.3. The molecule has 0 aliphatic carbocycles. The van der Waals surface area contributed by atoms with Crippen LogP contribution in [0.2, 0.25) is 0 Å². The summed E-state index contributed by atoms with van der Waals surface area (Å²) >= 11 is 3.51. The van der Waals surface area contributed by atoms with Crippen molar-refractivity contribution in [3.05, 3.63) is 88.9 Å². The molecule has 4 aromatic carbocycles. The Balaban J connectivity index is 1.32. The summed E-state index contributed by atoms with van der Waals surface area (Å²) in [6.45, 7) is 0. The zero-order valence-corrected chi connectivity index (χ0v) is 17.1. The molecule has 0 unspecified atom stereocenters. The fraction of sp³-hybridized carbons (Fsp3) is 0.0400. The lowest BCUT2D eigenvalue weighted by molar-refractivity contribution is 1.22. The van der Waals surface area contributed by atoms with Crippen LogP contribution in [0, 0.1) is 0 Å². The van der Waals surface area contributed by atoms with Gasteiger partial charge < -0.3 is 0 Å². The van der Waals surface area contributed by atoms with Crippen molar-refractivity contribution in [2.45, 2.75) is 6.42 Å². The number of hydrogen-bond acceptors (Lipinski definition) is 4. The van der Waals surface area contributed by atoms with Gasteiger partial charge in [0.25, 0.3) is 0 Å². The molecule has 2 nitrogen and oxygen atoms in total. The molecule has 0 fully saturated rings. The van der Waals surface area contributed by atoms with E-state index in [1.807, 2.05) is 0 Å². The Bertz CT molecular complexity index is 1540. The third-order valence-electron chi connectivity index (χ3n) is 5.18. The minimum Gasteiger partial charge on any atom is -0.240 e. The number of thiazole rings is 2. The minimum atomic E-state index is 0.824. The number of hydrogen-bond donors (Lipinski definition) is 0. The third-order valence-corrected chi connectivity index (χ3v) is 7.21. The molecule has 0 spiro atoms. The molecule has 2 heterocycles. The van der Waals surface area contributed by atoms with Crippen molar-refractivity contribution >= 4 is 70.7 Å². The molecular weight excluding hydrogens is 392 g/mol. The van der Waals surface area contributed by atoms with E-state index >= 15 is 0 Å². The maximum Gasteiger partial charge on any atom is 0.117 e. The van der Waals surface area contributed by atoms with Crippen molar-refractivity contribution in [3.63, 3.8) is 0 Å². The van der Waals surface area contributed by atoms with E-state index in [2.05, 4.69) is 84.9 Å². The van der Waals surface area contributed by atoms with Gasteiger partial charge in [-0.15, -0.1) is 22.7 Å². The second-order valence-electron chi connectivity index (χ2n) is 7.03. The summed E-state index contributed by atoms with van der Waals surface area (Å²) in [5.41, 5.74) is 2.21. The highest BCUT2D eigenvalue weighted by molar-refractivity contribution is 7.19. The molecule has 29 heavy (non-hydrogen) atoms. The molecule has 0 saturated heterocycles. The molecule has 0 aliphatic heterocycles. The molecule has 138 valence electrons. The van der Waals surface area contributed by atoms with Gasteiger partial charge in [-0.1, -0.05) is 66.7 Å². The lowest BCUT2D eigenvalue weighted by atomic mass is 10.1. The molecule has 0 bridgehead atoms. The summed E-state index contributed by atoms with van der Waals surface area (Å²) in [7, 11) is 0. The predicted octanol–water partition coefficient (Wildman–Crippen LogP) is 7.47. The van der Waals surface area contributed by atoms with Gasteiger partial charge in [-0.2, -0.15) is 0 Å². The van der Waals surface area contributed by atoms with Gasteiger partial charge in [0, 0.05) is 17.2 Å². The molecule has 0 radical (unpaired) electrons. The Hall–Kier alpha value is -3.08. The van der Waals surface area contributed by atoms with Gasteiger partial charge in [0.2, 0.25) is 0 Å². The number of fused-ring (bicyclic) bond motifs is 6. The summed E-state index contributed by atoms with van der Waals surface area (Å²) in [6, 6.07) is 25.6. The second-order valence-corrected chi connectivity index (χ2v) is 9.21. The van der Waals surface area contributed by atoms with E-state index in [1.165, 1.54) is 30.9 Å². The average molecular weight is 409 g/mol. The van der Waals surface area contributed by atoms with Crippen molar-refractivity contribution in [1.29, 1.82) is 0 Å². The fourth-order valence-electron chi connectivity index (χ4n) is 3.80. The van der Waals surface area contributed by atoms with Crippen molar-refractivity contribution in [1.82, 2.24) is 9.97 Å². The lowest BCUT2D eigenvalue weighted by Crippen LogP contribution is -1.79. The Morgan fingerprint density at radius 3 is 2.00 bits per heavy atom. The summed E-state index contributed by atoms with van der Waals surface area (Å²) in [5.74, 6) is 0. The van der Waals surface area contributed by atoms with Crippen molar-refractivity contribution in [2.75, 3.05) is 0 Å². The van der Waals surface area contributed by atoms with Gasteiger partial charge >= 0.3 is 0 Å². The van der Waals surface area contributed by atoms with Gasteiger partial charge in [-0.3, -0.25) is 0 Å². The highest BCUT2D eigenvalue weighted by Crippen LogP contribution is 2.31. The molecule has 0 N–H and O–H groups in total. The van der Waals surface area contributed by atoms with Crippen LogP contribution in [0.5, 0.6) is 0 Å². The van der Waals surface area contributed by atoms with Crippen LogP contribution in [0.3, 0.4) is 0 Å². The smallest absolute Gasteiger partial charge is 0.117 e. The molecule has 6 aromatic rings. The van der Waals surface area contributed by atoms with Crippen LogP contribution in [-0.4, -0.2) is 9.97 Å². The van der Waals surface area contributed by atoms with Crippen LogP contribution in [0.1, 0.15) is 10.0 Å². The Labute approximate surface area is 175 Å². The summed E-state index contributed by atoms with van der Waals surface area (Å²) in [5, 5.41) is 7.12. The average Bonchev–Trinajstić information content (AvgIpc) is 3.37. The van der Waals surface area contributed by atoms with Gasteiger partial charge in [-0.05, 0) is 29.0 Å². The van der Waals surface area contributed by atoms with Crippen molar-refractivity contribution < 1.29 is 0 Å². The molecule has 0 saturated carbocycles. The fourth-order valence-corrected chi connectivity index (χ4v) is 5.68. The van der Waals surface area contributed by atoms with E-state index in [0.29, 0.717) is 0 Å². The molecule has 4 heteroatoms. The standard InChI is InChI=1S/C25H16N2S2/c1-3-8-18-16(6-1)12-14-20-24(18)26-22(28-20)10-5-11-23-27-25-19-9-4-2-7-17(19)13-15-21(25)29-23/h1-10,12-15H,11H2. The van der Waals surface area contributed by atoms with Crippen LogP contribution in [-0.2, 0) is 6.42 Å². The zero-order chi connectivity index (χ0) is 19.2. The van der Waals surface area contributed by atoms with E-state index < -0.39 is 0 Å². The second kappa shape index (κ2) is 6.76. The normalized spacial score (nSPS) is 12.1. The molecule has 2 aromatic heterocycles. The monoisotopic (exact) mass is 408 g/mol. The summed E-state index contributed by atoms with van der Waals surface area (Å²) in [6.07, 6.45) is 5.13. The largest absolute Gasteiger partial charge is 0.240 e. The summed E-state index contributed by atoms with van der Waals surface area (Å²) in [4.78, 5) is 9.78. The Morgan fingerprint density at radius 1 is 0.655 bits per heavy atom. The van der Waals surface area contributed by atoms with E-state index in [9.17, 15) is 0 Å².